The van der Waals surface area contributed by atoms with Gasteiger partial charge in [-0.25, -0.2) is 4.99 Å². The van der Waals surface area contributed by atoms with Gasteiger partial charge in [0.2, 0.25) is 0 Å². The first-order valence-corrected chi connectivity index (χ1v) is 8.00. The van der Waals surface area contributed by atoms with Crippen molar-refractivity contribution in [2.75, 3.05) is 12.4 Å². The number of nitrogens with one attached hydrogen (secondary N) is 1. The molecule has 1 aromatic heterocycles. The Bertz CT molecular complexity index is 849. The molecule has 136 valence electrons. The van der Waals surface area contributed by atoms with Crippen LogP contribution in [0, 0.1) is 0 Å². The van der Waals surface area contributed by atoms with E-state index in [9.17, 15) is 0 Å². The zero-order chi connectivity index (χ0) is 17.5. The summed E-state index contributed by atoms with van der Waals surface area (Å²) < 4.78 is 7.19. The number of methoxy groups -OCH3 is 1. The van der Waals surface area contributed by atoms with Gasteiger partial charge in [-0.3, -0.25) is 4.68 Å². The largest absolute Gasteiger partial charge is 0.495 e. The first kappa shape index (κ1) is 19.8. The predicted molar refractivity (Wildman–Crippen MR) is 115 cm³/mol. The summed E-state index contributed by atoms with van der Waals surface area (Å²) in [5.41, 5.74) is 9.10. The lowest BCUT2D eigenvalue weighted by atomic mass is 10.1. The molecule has 0 aliphatic carbocycles. The molecule has 3 aromatic rings. The van der Waals surface area contributed by atoms with Gasteiger partial charge in [0.25, 0.3) is 0 Å². The Morgan fingerprint density at radius 2 is 1.85 bits per heavy atom. The number of aromatic nitrogens is 2. The van der Waals surface area contributed by atoms with E-state index in [1.165, 1.54) is 5.56 Å². The van der Waals surface area contributed by atoms with Crippen LogP contribution in [0.3, 0.4) is 0 Å². The Hall–Kier alpha value is -2.55. The molecule has 7 heteroatoms. The third-order valence-corrected chi connectivity index (χ3v) is 3.80. The van der Waals surface area contributed by atoms with Gasteiger partial charge in [0, 0.05) is 12.4 Å². The van der Waals surface area contributed by atoms with Crippen LogP contribution in [0.25, 0.3) is 0 Å². The molecule has 0 unspecified atom stereocenters. The summed E-state index contributed by atoms with van der Waals surface area (Å²) in [7, 11) is 1.62. The topological polar surface area (TPSA) is 77.5 Å². The molecule has 26 heavy (non-hydrogen) atoms. The van der Waals surface area contributed by atoms with Crippen molar-refractivity contribution >= 4 is 35.6 Å². The van der Waals surface area contributed by atoms with Gasteiger partial charge in [-0.15, -0.1) is 24.0 Å². The molecule has 0 aliphatic heterocycles. The summed E-state index contributed by atoms with van der Waals surface area (Å²) in [6, 6.07) is 17.6. The van der Waals surface area contributed by atoms with Crippen LogP contribution in [0.2, 0.25) is 0 Å². The van der Waals surface area contributed by atoms with Crippen LogP contribution < -0.4 is 15.8 Å². The fourth-order valence-corrected chi connectivity index (χ4v) is 2.53. The van der Waals surface area contributed by atoms with E-state index in [1.807, 2.05) is 53.3 Å². The molecule has 0 saturated heterocycles. The Labute approximate surface area is 170 Å². The van der Waals surface area contributed by atoms with Crippen molar-refractivity contribution in [1.82, 2.24) is 9.78 Å². The van der Waals surface area contributed by atoms with Crippen molar-refractivity contribution in [3.05, 3.63) is 78.1 Å². The monoisotopic (exact) mass is 463 g/mol. The second-order valence-electron chi connectivity index (χ2n) is 5.50. The minimum absolute atomic E-state index is 0. The van der Waals surface area contributed by atoms with E-state index in [4.69, 9.17) is 10.5 Å². The second kappa shape index (κ2) is 9.81. The Balaban J connectivity index is 0.00000243. The Morgan fingerprint density at radius 1 is 1.12 bits per heavy atom. The van der Waals surface area contributed by atoms with Gasteiger partial charge < -0.3 is 15.8 Å². The quantitative estimate of drug-likeness (QED) is 0.334. The van der Waals surface area contributed by atoms with Crippen LogP contribution >= 0.6 is 24.0 Å². The number of benzene rings is 2. The molecule has 3 rings (SSSR count). The number of nitrogens with zero attached hydrogens (tertiary/aromatic N) is 3. The first-order valence-electron chi connectivity index (χ1n) is 8.00. The number of rotatable bonds is 6. The van der Waals surface area contributed by atoms with Crippen LogP contribution in [0.1, 0.15) is 11.1 Å². The van der Waals surface area contributed by atoms with Crippen molar-refractivity contribution in [3.8, 4) is 5.75 Å². The van der Waals surface area contributed by atoms with E-state index in [2.05, 4.69) is 27.5 Å². The van der Waals surface area contributed by atoms with Crippen molar-refractivity contribution < 1.29 is 4.74 Å². The van der Waals surface area contributed by atoms with E-state index >= 15 is 0 Å². The molecule has 0 saturated carbocycles. The smallest absolute Gasteiger partial charge is 0.193 e. The highest BCUT2D eigenvalue weighted by atomic mass is 127. The van der Waals surface area contributed by atoms with E-state index in [1.54, 1.807) is 13.3 Å². The normalized spacial score (nSPS) is 10.9. The Kier molecular flexibility index (Phi) is 7.46. The highest BCUT2D eigenvalue weighted by Crippen LogP contribution is 2.22. The molecule has 1 heterocycles. The van der Waals surface area contributed by atoms with Crippen LogP contribution in [0.15, 0.2) is 72.0 Å². The van der Waals surface area contributed by atoms with Crippen molar-refractivity contribution in [3.63, 3.8) is 0 Å². The van der Waals surface area contributed by atoms with Gasteiger partial charge in [0.1, 0.15) is 5.75 Å². The third-order valence-electron chi connectivity index (χ3n) is 3.80. The first-order chi connectivity index (χ1) is 12.3. The fourth-order valence-electron chi connectivity index (χ4n) is 2.53. The van der Waals surface area contributed by atoms with Gasteiger partial charge in [-0.1, -0.05) is 36.4 Å². The number of ether oxygens (including phenoxy) is 1. The maximum Gasteiger partial charge on any atom is 0.193 e. The van der Waals surface area contributed by atoms with Crippen molar-refractivity contribution in [1.29, 1.82) is 0 Å². The average Bonchev–Trinajstić information content (AvgIpc) is 3.14. The fraction of sp³-hybridized carbons (Fsp3) is 0.158. The zero-order valence-corrected chi connectivity index (χ0v) is 16.8. The van der Waals surface area contributed by atoms with E-state index in [0.29, 0.717) is 19.0 Å². The van der Waals surface area contributed by atoms with Crippen LogP contribution in [0.4, 0.5) is 5.69 Å². The number of hydrogen-bond acceptors (Lipinski definition) is 3. The van der Waals surface area contributed by atoms with E-state index in [0.717, 1.165) is 17.0 Å². The van der Waals surface area contributed by atoms with E-state index < -0.39 is 0 Å². The summed E-state index contributed by atoms with van der Waals surface area (Å²) in [6.07, 6.45) is 3.72. The summed E-state index contributed by atoms with van der Waals surface area (Å²) >= 11 is 0. The lowest BCUT2D eigenvalue weighted by molar-refractivity contribution is 0.417. The van der Waals surface area contributed by atoms with Crippen LogP contribution in [0.5, 0.6) is 5.75 Å². The third kappa shape index (κ3) is 5.22. The van der Waals surface area contributed by atoms with Crippen molar-refractivity contribution in [2.45, 2.75) is 13.1 Å². The molecule has 2 aromatic carbocycles. The number of para-hydroxylation sites is 2. The Morgan fingerprint density at radius 3 is 2.58 bits per heavy atom. The predicted octanol–water partition coefficient (Wildman–Crippen LogP) is 3.48. The van der Waals surface area contributed by atoms with Gasteiger partial charge >= 0.3 is 0 Å². The molecule has 0 spiro atoms. The van der Waals surface area contributed by atoms with Gasteiger partial charge in [0.15, 0.2) is 5.96 Å². The summed E-state index contributed by atoms with van der Waals surface area (Å²) in [5, 5.41) is 7.33. The number of hydrogen-bond donors (Lipinski definition) is 2. The van der Waals surface area contributed by atoms with Gasteiger partial charge in [-0.05, 0) is 29.3 Å². The molecule has 0 amide bonds. The minimum Gasteiger partial charge on any atom is -0.495 e. The van der Waals surface area contributed by atoms with Crippen LogP contribution in [-0.4, -0.2) is 22.8 Å². The zero-order valence-electron chi connectivity index (χ0n) is 14.5. The minimum atomic E-state index is 0. The maximum absolute atomic E-state index is 6.03. The van der Waals surface area contributed by atoms with Gasteiger partial charge in [0.05, 0.1) is 25.9 Å². The lowest BCUT2D eigenvalue weighted by Gasteiger charge is -2.11. The summed E-state index contributed by atoms with van der Waals surface area (Å²) in [6.45, 7) is 1.20. The molecule has 0 fully saturated rings. The number of anilines is 1. The molecule has 0 bridgehead atoms. The molecule has 0 radical (unpaired) electrons. The molecule has 0 atom stereocenters. The number of halogens is 1. The lowest BCUT2D eigenvalue weighted by Crippen LogP contribution is -2.23. The molecule has 0 aliphatic rings. The number of guanidine groups is 1. The average molecular weight is 463 g/mol. The number of aliphatic imine (C=N–C) groups is 1. The SMILES string of the molecule is COc1ccccc1NC(N)=NCc1ccccc1Cn1cccn1.I. The highest BCUT2D eigenvalue weighted by Gasteiger charge is 2.05. The molecule has 3 N–H and O–H groups in total. The summed E-state index contributed by atoms with van der Waals surface area (Å²) in [4.78, 5) is 4.45. The number of nitrogens with two attached hydrogens (primary N) is 1. The second-order valence-corrected chi connectivity index (χ2v) is 5.50. The standard InChI is InChI=1S/C19H21N5O.HI/c1-25-18-10-5-4-9-17(18)23-19(20)21-13-15-7-2-3-8-16(15)14-24-12-6-11-22-24;/h2-12H,13-14H2,1H3,(H3,20,21,23);1H. The van der Waals surface area contributed by atoms with Gasteiger partial charge in [-0.2, -0.15) is 5.10 Å². The van der Waals surface area contributed by atoms with Crippen molar-refractivity contribution in [2.24, 2.45) is 10.7 Å². The van der Waals surface area contributed by atoms with E-state index in [-0.39, 0.29) is 24.0 Å². The molecular formula is C19H22IN5O. The maximum atomic E-state index is 6.03. The van der Waals surface area contributed by atoms with Crippen LogP contribution in [-0.2, 0) is 13.1 Å². The molecule has 6 nitrogen and oxygen atoms in total. The summed E-state index contributed by atoms with van der Waals surface area (Å²) in [5.74, 6) is 1.07. The molecular weight excluding hydrogens is 441 g/mol. The highest BCUT2D eigenvalue weighted by molar-refractivity contribution is 14.0.